The van der Waals surface area contributed by atoms with E-state index in [0.29, 0.717) is 43.3 Å². The van der Waals surface area contributed by atoms with Crippen molar-refractivity contribution in [3.8, 4) is 0 Å². The molecular weight excluding hydrogens is 446 g/mol. The van der Waals surface area contributed by atoms with Gasteiger partial charge in [-0.25, -0.2) is 0 Å². The first-order valence-corrected chi connectivity index (χ1v) is 9.75. The molecule has 4 nitrogen and oxygen atoms in total. The van der Waals surface area contributed by atoms with E-state index in [2.05, 4.69) is 15.7 Å². The number of aromatic nitrogens is 2. The Kier molecular flexibility index (Phi) is 6.50. The Hall–Kier alpha value is -1.50. The lowest BCUT2D eigenvalue weighted by Crippen LogP contribution is -2.19. The molecule has 0 aliphatic heterocycles. The van der Waals surface area contributed by atoms with Gasteiger partial charge >= 0.3 is 0 Å². The molecule has 0 fully saturated rings. The quantitative estimate of drug-likeness (QED) is 0.428. The van der Waals surface area contributed by atoms with Gasteiger partial charge in [0.05, 0.1) is 17.3 Å². The van der Waals surface area contributed by atoms with Crippen molar-refractivity contribution in [2.75, 3.05) is 10.6 Å². The summed E-state index contributed by atoms with van der Waals surface area (Å²) in [5.41, 5.74) is 2.53. The molecule has 0 amide bonds. The lowest BCUT2D eigenvalue weighted by Gasteiger charge is -2.10. The van der Waals surface area contributed by atoms with Crippen LogP contribution in [-0.4, -0.2) is 14.9 Å². The molecule has 0 bridgehead atoms. The van der Waals surface area contributed by atoms with E-state index in [0.717, 1.165) is 11.3 Å². The second kappa shape index (κ2) is 8.67. The van der Waals surface area contributed by atoms with Gasteiger partial charge in [-0.1, -0.05) is 52.5 Å². The van der Waals surface area contributed by atoms with Crippen LogP contribution < -0.4 is 10.6 Å². The van der Waals surface area contributed by atoms with Crippen LogP contribution in [0.25, 0.3) is 0 Å². The van der Waals surface area contributed by atoms with Gasteiger partial charge in [-0.2, -0.15) is 5.10 Å². The van der Waals surface area contributed by atoms with Crippen LogP contribution in [0.3, 0.4) is 0 Å². The molecule has 9 heteroatoms. The molecule has 3 aromatic rings. The number of hydrogen-bond acceptors (Lipinski definition) is 2. The summed E-state index contributed by atoms with van der Waals surface area (Å²) in [6.07, 6.45) is 0. The summed E-state index contributed by atoms with van der Waals surface area (Å²) in [5.74, 6) is 0.611. The fourth-order valence-corrected chi connectivity index (χ4v) is 3.54. The molecule has 2 N–H and O–H groups in total. The third-order valence-electron chi connectivity index (χ3n) is 3.74. The summed E-state index contributed by atoms with van der Waals surface area (Å²) in [5, 5.41) is 13.2. The molecule has 0 aliphatic carbocycles. The van der Waals surface area contributed by atoms with E-state index in [-0.39, 0.29) is 0 Å². The summed E-state index contributed by atoms with van der Waals surface area (Å²) in [7, 11) is 0. The first-order valence-electron chi connectivity index (χ1n) is 7.83. The fourth-order valence-electron chi connectivity index (χ4n) is 2.40. The summed E-state index contributed by atoms with van der Waals surface area (Å²) in [6, 6.07) is 12.4. The zero-order valence-corrected chi connectivity index (χ0v) is 17.9. The Labute approximate surface area is 182 Å². The highest BCUT2D eigenvalue weighted by atomic mass is 35.5. The van der Waals surface area contributed by atoms with Crippen LogP contribution in [0.15, 0.2) is 42.5 Å². The molecule has 0 saturated carbocycles. The normalized spacial score (nSPS) is 10.7. The highest BCUT2D eigenvalue weighted by molar-refractivity contribution is 7.80. The van der Waals surface area contributed by atoms with Crippen molar-refractivity contribution in [3.63, 3.8) is 0 Å². The molecule has 1 heterocycles. The number of thiocarbonyl (C=S) groups is 1. The van der Waals surface area contributed by atoms with E-state index in [9.17, 15) is 0 Å². The molecule has 27 heavy (non-hydrogen) atoms. The fraction of sp³-hybridized carbons (Fsp3) is 0.111. The zero-order chi connectivity index (χ0) is 19.6. The molecular formula is C18H14Cl4N4S. The van der Waals surface area contributed by atoms with Crippen LogP contribution in [0, 0.1) is 6.92 Å². The number of halogens is 4. The van der Waals surface area contributed by atoms with E-state index in [1.807, 2.05) is 23.7 Å². The summed E-state index contributed by atoms with van der Waals surface area (Å²) in [6.45, 7) is 2.47. The van der Waals surface area contributed by atoms with Gasteiger partial charge in [0.25, 0.3) is 0 Å². The van der Waals surface area contributed by atoms with Crippen LogP contribution >= 0.6 is 58.6 Å². The maximum Gasteiger partial charge on any atom is 0.176 e. The first kappa shape index (κ1) is 20.2. The summed E-state index contributed by atoms with van der Waals surface area (Å²) >= 11 is 29.6. The highest BCUT2D eigenvalue weighted by Crippen LogP contribution is 2.26. The average Bonchev–Trinajstić information content (AvgIpc) is 2.92. The van der Waals surface area contributed by atoms with Crippen molar-refractivity contribution >= 4 is 75.2 Å². The SMILES string of the molecule is Cc1cc(NC(=S)Nc2ccc(Cl)cc2Cl)nn1Cc1ccc(Cl)cc1Cl. The number of benzene rings is 2. The third-order valence-corrected chi connectivity index (χ3v) is 5.08. The van der Waals surface area contributed by atoms with Gasteiger partial charge in [0.2, 0.25) is 0 Å². The van der Waals surface area contributed by atoms with Crippen molar-refractivity contribution in [1.82, 2.24) is 9.78 Å². The van der Waals surface area contributed by atoms with E-state index in [1.165, 1.54) is 0 Å². The molecule has 0 unspecified atom stereocenters. The summed E-state index contributed by atoms with van der Waals surface area (Å²) < 4.78 is 1.83. The van der Waals surface area contributed by atoms with Crippen LogP contribution in [0.2, 0.25) is 20.1 Å². The Morgan fingerprint density at radius 3 is 2.30 bits per heavy atom. The van der Waals surface area contributed by atoms with Crippen LogP contribution in [0.4, 0.5) is 11.5 Å². The number of nitrogens with one attached hydrogen (secondary N) is 2. The minimum absolute atomic E-state index is 0.369. The van der Waals surface area contributed by atoms with Gasteiger partial charge in [0.1, 0.15) is 0 Å². The maximum atomic E-state index is 6.25. The topological polar surface area (TPSA) is 41.9 Å². The molecule has 0 radical (unpaired) electrons. The molecule has 0 spiro atoms. The van der Waals surface area contributed by atoms with Gasteiger partial charge in [0, 0.05) is 26.8 Å². The third kappa shape index (κ3) is 5.27. The zero-order valence-electron chi connectivity index (χ0n) is 14.1. The molecule has 1 aromatic heterocycles. The van der Waals surface area contributed by atoms with Gasteiger partial charge in [-0.15, -0.1) is 0 Å². The van der Waals surface area contributed by atoms with E-state index in [4.69, 9.17) is 58.6 Å². The minimum atomic E-state index is 0.369. The van der Waals surface area contributed by atoms with E-state index >= 15 is 0 Å². The van der Waals surface area contributed by atoms with Crippen molar-refractivity contribution in [2.24, 2.45) is 0 Å². The Morgan fingerprint density at radius 2 is 1.63 bits per heavy atom. The largest absolute Gasteiger partial charge is 0.331 e. The second-order valence-corrected chi connectivity index (χ2v) is 7.86. The second-order valence-electron chi connectivity index (χ2n) is 5.77. The predicted molar refractivity (Wildman–Crippen MR) is 119 cm³/mol. The first-order chi connectivity index (χ1) is 12.8. The maximum absolute atomic E-state index is 6.25. The number of hydrogen-bond donors (Lipinski definition) is 2. The van der Waals surface area contributed by atoms with Crippen molar-refractivity contribution < 1.29 is 0 Å². The number of aryl methyl sites for hydroxylation is 1. The molecule has 140 valence electrons. The average molecular weight is 460 g/mol. The van der Waals surface area contributed by atoms with Crippen molar-refractivity contribution in [3.05, 3.63) is 73.8 Å². The Balaban J connectivity index is 1.69. The molecule has 0 saturated heterocycles. The van der Waals surface area contributed by atoms with Gasteiger partial charge in [-0.3, -0.25) is 4.68 Å². The number of nitrogens with zero attached hydrogens (tertiary/aromatic N) is 2. The molecule has 3 rings (SSSR count). The van der Waals surface area contributed by atoms with Gasteiger partial charge < -0.3 is 10.6 Å². The number of anilines is 2. The highest BCUT2D eigenvalue weighted by Gasteiger charge is 2.10. The van der Waals surface area contributed by atoms with E-state index < -0.39 is 0 Å². The standard InChI is InChI=1S/C18H14Cl4N4S/c1-10-6-17(24-18(27)23-16-5-4-13(20)8-15(16)22)25-26(10)9-11-2-3-12(19)7-14(11)21/h2-8H,9H2,1H3,(H2,23,24,25,27). The molecule has 0 atom stereocenters. The Morgan fingerprint density at radius 1 is 0.963 bits per heavy atom. The Bertz CT molecular complexity index is 1000. The smallest absolute Gasteiger partial charge is 0.176 e. The van der Waals surface area contributed by atoms with Crippen LogP contribution in [0.5, 0.6) is 0 Å². The minimum Gasteiger partial charge on any atom is -0.331 e. The lowest BCUT2D eigenvalue weighted by molar-refractivity contribution is 0.668. The molecule has 2 aromatic carbocycles. The summed E-state index contributed by atoms with van der Waals surface area (Å²) in [4.78, 5) is 0. The predicted octanol–water partition coefficient (Wildman–Crippen LogP) is 6.66. The van der Waals surface area contributed by atoms with Crippen LogP contribution in [0.1, 0.15) is 11.3 Å². The lowest BCUT2D eigenvalue weighted by atomic mass is 10.2. The molecule has 0 aliphatic rings. The van der Waals surface area contributed by atoms with Crippen LogP contribution in [-0.2, 0) is 6.54 Å². The van der Waals surface area contributed by atoms with Crippen molar-refractivity contribution in [2.45, 2.75) is 13.5 Å². The number of rotatable bonds is 4. The van der Waals surface area contributed by atoms with Gasteiger partial charge in [0.15, 0.2) is 10.9 Å². The monoisotopic (exact) mass is 458 g/mol. The van der Waals surface area contributed by atoms with Gasteiger partial charge in [-0.05, 0) is 55.0 Å². The van der Waals surface area contributed by atoms with E-state index in [1.54, 1.807) is 30.3 Å². The van der Waals surface area contributed by atoms with Crippen molar-refractivity contribution in [1.29, 1.82) is 0 Å².